The molecule has 2 atom stereocenters. The quantitative estimate of drug-likeness (QED) is 0.853. The Morgan fingerprint density at radius 1 is 1.26 bits per heavy atom. The Labute approximate surface area is 135 Å². The fourth-order valence-electron chi connectivity index (χ4n) is 3.16. The molecule has 6 nitrogen and oxygen atoms in total. The second-order valence-corrected chi connectivity index (χ2v) is 6.07. The van der Waals surface area contributed by atoms with Gasteiger partial charge in [0.2, 0.25) is 0 Å². The van der Waals surface area contributed by atoms with Crippen LogP contribution >= 0.6 is 0 Å². The van der Waals surface area contributed by atoms with Gasteiger partial charge in [-0.1, -0.05) is 0 Å². The molecule has 0 amide bonds. The van der Waals surface area contributed by atoms with Crippen LogP contribution in [-0.2, 0) is 4.79 Å². The minimum absolute atomic E-state index is 0.0204. The maximum absolute atomic E-state index is 12.7. The molecule has 2 unspecified atom stereocenters. The summed E-state index contributed by atoms with van der Waals surface area (Å²) >= 11 is 0. The predicted molar refractivity (Wildman–Crippen MR) is 83.2 cm³/mol. The van der Waals surface area contributed by atoms with Crippen molar-refractivity contribution in [3.63, 3.8) is 0 Å². The SMILES string of the molecule is CC(C(=O)c1ccc2c(c1)OCCO2)N1CCCC(C(=O)O)C1. The number of carbonyl (C=O) groups is 2. The lowest BCUT2D eigenvalue weighted by molar-refractivity contribution is -0.143. The van der Waals surface area contributed by atoms with Gasteiger partial charge in [-0.15, -0.1) is 0 Å². The minimum Gasteiger partial charge on any atom is -0.486 e. The number of ketones is 1. The van der Waals surface area contributed by atoms with Crippen molar-refractivity contribution in [1.82, 2.24) is 4.90 Å². The molecule has 0 aliphatic carbocycles. The number of carboxylic acids is 1. The Morgan fingerprint density at radius 2 is 2.00 bits per heavy atom. The van der Waals surface area contributed by atoms with E-state index in [0.29, 0.717) is 43.2 Å². The molecule has 1 saturated heterocycles. The highest BCUT2D eigenvalue weighted by Gasteiger charge is 2.31. The number of piperidine rings is 1. The van der Waals surface area contributed by atoms with Crippen molar-refractivity contribution >= 4 is 11.8 Å². The number of hydrogen-bond donors (Lipinski definition) is 1. The van der Waals surface area contributed by atoms with Gasteiger partial charge in [-0.05, 0) is 44.5 Å². The summed E-state index contributed by atoms with van der Waals surface area (Å²) in [6, 6.07) is 4.86. The van der Waals surface area contributed by atoms with E-state index in [-0.39, 0.29) is 17.7 Å². The van der Waals surface area contributed by atoms with Gasteiger partial charge in [0.1, 0.15) is 13.2 Å². The zero-order chi connectivity index (χ0) is 16.4. The molecule has 0 aromatic heterocycles. The summed E-state index contributed by atoms with van der Waals surface area (Å²) < 4.78 is 11.0. The highest BCUT2D eigenvalue weighted by Crippen LogP contribution is 2.31. The van der Waals surface area contributed by atoms with E-state index in [0.717, 1.165) is 13.0 Å². The molecule has 23 heavy (non-hydrogen) atoms. The maximum atomic E-state index is 12.7. The minimum atomic E-state index is -0.784. The summed E-state index contributed by atoms with van der Waals surface area (Å²) in [5, 5.41) is 9.18. The van der Waals surface area contributed by atoms with Crippen molar-refractivity contribution < 1.29 is 24.2 Å². The number of hydrogen-bond acceptors (Lipinski definition) is 5. The van der Waals surface area contributed by atoms with Crippen molar-refractivity contribution in [2.24, 2.45) is 5.92 Å². The monoisotopic (exact) mass is 319 g/mol. The topological polar surface area (TPSA) is 76.1 Å². The summed E-state index contributed by atoms with van der Waals surface area (Å²) in [4.78, 5) is 25.9. The zero-order valence-corrected chi connectivity index (χ0v) is 13.2. The van der Waals surface area contributed by atoms with E-state index in [2.05, 4.69) is 0 Å². The smallest absolute Gasteiger partial charge is 0.307 e. The van der Waals surface area contributed by atoms with E-state index < -0.39 is 5.97 Å². The Bertz CT molecular complexity index is 615. The summed E-state index contributed by atoms with van der Waals surface area (Å²) in [6.07, 6.45) is 1.48. The number of likely N-dealkylation sites (tertiary alicyclic amines) is 1. The summed E-state index contributed by atoms with van der Waals surface area (Å²) in [5.41, 5.74) is 0.569. The zero-order valence-electron chi connectivity index (χ0n) is 13.2. The Morgan fingerprint density at radius 3 is 2.74 bits per heavy atom. The molecule has 0 radical (unpaired) electrons. The molecule has 124 valence electrons. The van der Waals surface area contributed by atoms with Crippen molar-refractivity contribution in [3.8, 4) is 11.5 Å². The third-order valence-corrected chi connectivity index (χ3v) is 4.56. The highest BCUT2D eigenvalue weighted by molar-refractivity contribution is 6.00. The van der Waals surface area contributed by atoms with E-state index in [9.17, 15) is 14.7 Å². The number of Topliss-reactive ketones (excluding diaryl/α,β-unsaturated/α-hetero) is 1. The number of carboxylic acid groups (broad SMARTS) is 1. The number of aliphatic carboxylic acids is 1. The largest absolute Gasteiger partial charge is 0.486 e. The molecule has 2 aliphatic heterocycles. The first-order valence-electron chi connectivity index (χ1n) is 7.97. The van der Waals surface area contributed by atoms with E-state index in [1.54, 1.807) is 18.2 Å². The third-order valence-electron chi connectivity index (χ3n) is 4.56. The maximum Gasteiger partial charge on any atom is 0.307 e. The molecule has 2 heterocycles. The average Bonchev–Trinajstić information content (AvgIpc) is 2.60. The van der Waals surface area contributed by atoms with Gasteiger partial charge in [-0.2, -0.15) is 0 Å². The number of rotatable bonds is 4. The predicted octanol–water partition coefficient (Wildman–Crippen LogP) is 1.83. The van der Waals surface area contributed by atoms with Gasteiger partial charge in [0, 0.05) is 12.1 Å². The molecule has 1 aromatic carbocycles. The molecule has 0 spiro atoms. The Balaban J connectivity index is 1.73. The average molecular weight is 319 g/mol. The van der Waals surface area contributed by atoms with Crippen molar-refractivity contribution in [3.05, 3.63) is 23.8 Å². The van der Waals surface area contributed by atoms with Gasteiger partial charge in [-0.3, -0.25) is 14.5 Å². The van der Waals surface area contributed by atoms with Gasteiger partial charge in [-0.25, -0.2) is 0 Å². The highest BCUT2D eigenvalue weighted by atomic mass is 16.6. The summed E-state index contributed by atoms with van der Waals surface area (Å²) in [6.45, 7) is 4.01. The number of nitrogens with zero attached hydrogens (tertiary/aromatic N) is 1. The van der Waals surface area contributed by atoms with Gasteiger partial charge < -0.3 is 14.6 Å². The molecule has 0 bridgehead atoms. The fraction of sp³-hybridized carbons (Fsp3) is 0.529. The summed E-state index contributed by atoms with van der Waals surface area (Å²) in [7, 11) is 0. The molecule has 0 saturated carbocycles. The van der Waals surface area contributed by atoms with Crippen LogP contribution < -0.4 is 9.47 Å². The van der Waals surface area contributed by atoms with Gasteiger partial charge >= 0.3 is 5.97 Å². The third kappa shape index (κ3) is 3.32. The van der Waals surface area contributed by atoms with Crippen molar-refractivity contribution in [2.75, 3.05) is 26.3 Å². The van der Waals surface area contributed by atoms with Gasteiger partial charge in [0.25, 0.3) is 0 Å². The van der Waals surface area contributed by atoms with Crippen LogP contribution in [0.2, 0.25) is 0 Å². The van der Waals surface area contributed by atoms with E-state index in [1.807, 2.05) is 11.8 Å². The lowest BCUT2D eigenvalue weighted by Gasteiger charge is -2.34. The van der Waals surface area contributed by atoms with Crippen LogP contribution in [0.15, 0.2) is 18.2 Å². The van der Waals surface area contributed by atoms with Crippen LogP contribution in [0.3, 0.4) is 0 Å². The second-order valence-electron chi connectivity index (χ2n) is 6.07. The van der Waals surface area contributed by atoms with E-state index in [4.69, 9.17) is 9.47 Å². The normalized spacial score (nSPS) is 22.4. The van der Waals surface area contributed by atoms with Gasteiger partial charge in [0.15, 0.2) is 17.3 Å². The van der Waals surface area contributed by atoms with Crippen molar-refractivity contribution in [2.45, 2.75) is 25.8 Å². The Hall–Kier alpha value is -2.08. The van der Waals surface area contributed by atoms with Crippen LogP contribution in [0.1, 0.15) is 30.1 Å². The first kappa shape index (κ1) is 15.8. The molecular formula is C17H21NO5. The van der Waals surface area contributed by atoms with Crippen LogP contribution in [0.4, 0.5) is 0 Å². The molecule has 6 heteroatoms. The number of carbonyl (C=O) groups excluding carboxylic acids is 1. The van der Waals surface area contributed by atoms with Crippen LogP contribution in [-0.4, -0.2) is 54.1 Å². The number of benzene rings is 1. The standard InChI is InChI=1S/C17H21NO5/c1-11(18-6-2-3-13(10-18)17(20)21)16(19)12-4-5-14-15(9-12)23-8-7-22-14/h4-5,9,11,13H,2-3,6-8,10H2,1H3,(H,20,21). The molecular weight excluding hydrogens is 298 g/mol. The fourth-order valence-corrected chi connectivity index (χ4v) is 3.16. The lowest BCUT2D eigenvalue weighted by Crippen LogP contribution is -2.46. The Kier molecular flexibility index (Phi) is 4.52. The van der Waals surface area contributed by atoms with Crippen molar-refractivity contribution in [1.29, 1.82) is 0 Å². The van der Waals surface area contributed by atoms with E-state index >= 15 is 0 Å². The van der Waals surface area contributed by atoms with Crippen LogP contribution in [0.5, 0.6) is 11.5 Å². The first-order valence-corrected chi connectivity index (χ1v) is 7.97. The molecule has 2 aliphatic rings. The molecule has 3 rings (SSSR count). The van der Waals surface area contributed by atoms with Crippen LogP contribution in [0.25, 0.3) is 0 Å². The molecule has 1 N–H and O–H groups in total. The second kappa shape index (κ2) is 6.58. The van der Waals surface area contributed by atoms with Gasteiger partial charge in [0.05, 0.1) is 12.0 Å². The first-order chi connectivity index (χ1) is 11.1. The number of fused-ring (bicyclic) bond motifs is 1. The summed E-state index contributed by atoms with van der Waals surface area (Å²) in [5.74, 6) is 0.0571. The van der Waals surface area contributed by atoms with Crippen LogP contribution in [0, 0.1) is 5.92 Å². The molecule has 1 aromatic rings. The number of ether oxygens (including phenoxy) is 2. The van der Waals surface area contributed by atoms with E-state index in [1.165, 1.54) is 0 Å². The lowest BCUT2D eigenvalue weighted by atomic mass is 9.95. The molecule has 1 fully saturated rings.